The molecule has 1 N–H and O–H groups in total. The van der Waals surface area contributed by atoms with Crippen LogP contribution in [-0.4, -0.2) is 19.4 Å². The van der Waals surface area contributed by atoms with Crippen molar-refractivity contribution >= 4 is 37.6 Å². The molecule has 0 saturated heterocycles. The summed E-state index contributed by atoms with van der Waals surface area (Å²) in [5, 5.41) is -0.0215. The normalized spacial score (nSPS) is 13.8. The van der Waals surface area contributed by atoms with E-state index in [1.54, 1.807) is 0 Å². The first-order valence-corrected chi connectivity index (χ1v) is 8.71. The molecule has 0 aliphatic rings. The molecule has 0 saturated carbocycles. The quantitative estimate of drug-likeness (QED) is 0.779. The van der Waals surface area contributed by atoms with Crippen molar-refractivity contribution in [2.45, 2.75) is 44.6 Å². The van der Waals surface area contributed by atoms with Gasteiger partial charge in [-0.2, -0.15) is 0 Å². The van der Waals surface area contributed by atoms with Crippen molar-refractivity contribution in [1.29, 1.82) is 0 Å². The Bertz CT molecular complexity index is 535. The Morgan fingerprint density at radius 1 is 1.37 bits per heavy atom. The van der Waals surface area contributed by atoms with Gasteiger partial charge in [0.25, 0.3) is 0 Å². The molecular weight excluding hydrogens is 352 g/mol. The Kier molecular flexibility index (Phi) is 6.23. The summed E-state index contributed by atoms with van der Waals surface area (Å²) in [6.07, 6.45) is 3.22. The average molecular weight is 370 g/mol. The summed E-state index contributed by atoms with van der Waals surface area (Å²) >= 11 is 9.03. The van der Waals surface area contributed by atoms with E-state index in [0.717, 1.165) is 12.8 Å². The number of nitrogens with one attached hydrogen (secondary N) is 1. The zero-order chi connectivity index (χ0) is 14.6. The van der Waals surface area contributed by atoms with Gasteiger partial charge in [0.05, 0.1) is 0 Å². The lowest BCUT2D eigenvalue weighted by molar-refractivity contribution is 0.485. The molecule has 0 aromatic carbocycles. The summed E-state index contributed by atoms with van der Waals surface area (Å²) in [4.78, 5) is 3.83. The molecule has 0 radical (unpaired) electrons. The third-order valence-corrected chi connectivity index (χ3v) is 5.05. The molecule has 7 heteroatoms. The number of nitrogens with zero attached hydrogens (tertiary/aromatic N) is 1. The van der Waals surface area contributed by atoms with Gasteiger partial charge >= 0.3 is 0 Å². The highest BCUT2D eigenvalue weighted by atomic mass is 79.9. The summed E-state index contributed by atoms with van der Waals surface area (Å²) < 4.78 is 27.6. The molecule has 0 bridgehead atoms. The van der Waals surface area contributed by atoms with Gasteiger partial charge in [0.2, 0.25) is 10.0 Å². The average Bonchev–Trinajstić information content (AvgIpc) is 2.29. The summed E-state index contributed by atoms with van der Waals surface area (Å²) in [5.41, 5.74) is 0. The van der Waals surface area contributed by atoms with Gasteiger partial charge in [-0.1, -0.05) is 25.4 Å². The number of pyridine rings is 1. The summed E-state index contributed by atoms with van der Waals surface area (Å²) in [6.45, 7) is 6.06. The van der Waals surface area contributed by atoms with Crippen molar-refractivity contribution < 1.29 is 8.42 Å². The van der Waals surface area contributed by atoms with Crippen molar-refractivity contribution in [3.8, 4) is 0 Å². The van der Waals surface area contributed by atoms with E-state index >= 15 is 0 Å². The minimum atomic E-state index is -3.64. The fraction of sp³-hybridized carbons (Fsp3) is 0.583. The standard InChI is InChI=1S/C12H18BrClN2O2S/c1-8(2)4-5-9(3)16-19(17,18)11-6-10(13)7-15-12(11)14/h6-9,16H,4-5H2,1-3H3. The second-order valence-corrected chi connectivity index (χ2v) is 7.89. The van der Waals surface area contributed by atoms with E-state index in [-0.39, 0.29) is 16.1 Å². The molecule has 0 spiro atoms. The molecule has 1 heterocycles. The first kappa shape index (κ1) is 16.9. The highest BCUT2D eigenvalue weighted by Crippen LogP contribution is 2.23. The first-order valence-electron chi connectivity index (χ1n) is 6.05. The molecule has 1 unspecified atom stereocenters. The Morgan fingerprint density at radius 3 is 2.58 bits per heavy atom. The van der Waals surface area contributed by atoms with Gasteiger partial charge in [-0.05, 0) is 47.7 Å². The number of hydrogen-bond donors (Lipinski definition) is 1. The fourth-order valence-electron chi connectivity index (χ4n) is 1.56. The maximum Gasteiger partial charge on any atom is 0.243 e. The maximum atomic E-state index is 12.2. The molecule has 1 aromatic rings. The van der Waals surface area contributed by atoms with Gasteiger partial charge in [0, 0.05) is 16.7 Å². The largest absolute Gasteiger partial charge is 0.243 e. The lowest BCUT2D eigenvalue weighted by atomic mass is 10.1. The number of halogens is 2. The van der Waals surface area contributed by atoms with Crippen molar-refractivity contribution in [2.75, 3.05) is 0 Å². The zero-order valence-electron chi connectivity index (χ0n) is 11.2. The van der Waals surface area contributed by atoms with E-state index in [0.29, 0.717) is 10.4 Å². The van der Waals surface area contributed by atoms with E-state index in [2.05, 4.69) is 39.5 Å². The zero-order valence-corrected chi connectivity index (χ0v) is 14.3. The smallest absolute Gasteiger partial charge is 0.242 e. The Labute approximate surface area is 128 Å². The second kappa shape index (κ2) is 7.02. The summed E-state index contributed by atoms with van der Waals surface area (Å²) in [7, 11) is -3.64. The molecule has 4 nitrogen and oxygen atoms in total. The molecule has 108 valence electrons. The van der Waals surface area contributed by atoms with Crippen LogP contribution in [0.25, 0.3) is 0 Å². The van der Waals surface area contributed by atoms with Crippen LogP contribution < -0.4 is 4.72 Å². The van der Waals surface area contributed by atoms with Crippen LogP contribution in [0, 0.1) is 5.92 Å². The van der Waals surface area contributed by atoms with Gasteiger partial charge in [-0.25, -0.2) is 18.1 Å². The minimum absolute atomic E-state index is 0.0000568. The number of hydrogen-bond acceptors (Lipinski definition) is 3. The van der Waals surface area contributed by atoms with Gasteiger partial charge in [-0.3, -0.25) is 0 Å². The van der Waals surface area contributed by atoms with E-state index < -0.39 is 10.0 Å². The number of aromatic nitrogens is 1. The second-order valence-electron chi connectivity index (χ2n) is 4.94. The van der Waals surface area contributed by atoms with Crippen LogP contribution in [0.1, 0.15) is 33.6 Å². The van der Waals surface area contributed by atoms with Gasteiger partial charge in [0.15, 0.2) is 0 Å². The molecule has 0 aliphatic heterocycles. The SMILES string of the molecule is CC(C)CCC(C)NS(=O)(=O)c1cc(Br)cnc1Cl. The van der Waals surface area contributed by atoms with Crippen molar-refractivity contribution in [2.24, 2.45) is 5.92 Å². The molecule has 1 rings (SSSR count). The van der Waals surface area contributed by atoms with Crippen molar-refractivity contribution in [3.05, 3.63) is 21.9 Å². The Balaban J connectivity index is 2.83. The Hall–Kier alpha value is -0.170. The molecule has 0 aliphatic carbocycles. The summed E-state index contributed by atoms with van der Waals surface area (Å²) in [6, 6.07) is 1.31. The van der Waals surface area contributed by atoms with E-state index in [4.69, 9.17) is 11.6 Å². The molecule has 1 aromatic heterocycles. The molecule has 0 fully saturated rings. The summed E-state index contributed by atoms with van der Waals surface area (Å²) in [5.74, 6) is 0.545. The third kappa shape index (κ3) is 5.38. The topological polar surface area (TPSA) is 59.1 Å². The van der Waals surface area contributed by atoms with Crippen LogP contribution in [0.4, 0.5) is 0 Å². The van der Waals surface area contributed by atoms with E-state index in [9.17, 15) is 8.42 Å². The predicted octanol–water partition coefficient (Wildman–Crippen LogP) is 3.60. The highest BCUT2D eigenvalue weighted by molar-refractivity contribution is 9.10. The van der Waals surface area contributed by atoms with E-state index in [1.165, 1.54) is 12.3 Å². The number of sulfonamides is 1. The maximum absolute atomic E-state index is 12.2. The van der Waals surface area contributed by atoms with Crippen molar-refractivity contribution in [1.82, 2.24) is 9.71 Å². The van der Waals surface area contributed by atoms with Crippen LogP contribution in [0.5, 0.6) is 0 Å². The monoisotopic (exact) mass is 368 g/mol. The Morgan fingerprint density at radius 2 is 2.00 bits per heavy atom. The van der Waals surface area contributed by atoms with Crippen molar-refractivity contribution in [3.63, 3.8) is 0 Å². The fourth-order valence-corrected chi connectivity index (χ4v) is 3.79. The van der Waals surface area contributed by atoms with Crippen LogP contribution in [0.15, 0.2) is 21.6 Å². The van der Waals surface area contributed by atoms with Crippen LogP contribution in [-0.2, 0) is 10.0 Å². The lowest BCUT2D eigenvalue weighted by Crippen LogP contribution is -2.33. The van der Waals surface area contributed by atoms with Gasteiger partial charge in [-0.15, -0.1) is 0 Å². The van der Waals surface area contributed by atoms with Crippen LogP contribution >= 0.6 is 27.5 Å². The first-order chi connectivity index (χ1) is 8.72. The van der Waals surface area contributed by atoms with Crippen LogP contribution in [0.3, 0.4) is 0 Å². The van der Waals surface area contributed by atoms with Crippen LogP contribution in [0.2, 0.25) is 5.15 Å². The molecule has 19 heavy (non-hydrogen) atoms. The predicted molar refractivity (Wildman–Crippen MR) is 80.8 cm³/mol. The lowest BCUT2D eigenvalue weighted by Gasteiger charge is -2.15. The number of rotatable bonds is 6. The minimum Gasteiger partial charge on any atom is -0.242 e. The third-order valence-electron chi connectivity index (χ3n) is 2.60. The highest BCUT2D eigenvalue weighted by Gasteiger charge is 2.21. The molecule has 1 atom stereocenters. The molecular formula is C12H18BrClN2O2S. The van der Waals surface area contributed by atoms with Gasteiger partial charge < -0.3 is 0 Å². The van der Waals surface area contributed by atoms with Gasteiger partial charge in [0.1, 0.15) is 10.0 Å². The van der Waals surface area contributed by atoms with E-state index in [1.807, 2.05) is 6.92 Å². The molecule has 0 amide bonds.